The van der Waals surface area contributed by atoms with Crippen molar-refractivity contribution in [1.82, 2.24) is 20.2 Å². The van der Waals surface area contributed by atoms with Crippen molar-refractivity contribution in [3.8, 4) is 0 Å². The maximum atomic E-state index is 10.1. The van der Waals surface area contributed by atoms with Crippen molar-refractivity contribution < 1.29 is 5.11 Å². The Morgan fingerprint density at radius 3 is 2.94 bits per heavy atom. The fourth-order valence-electron chi connectivity index (χ4n) is 1.46. The molecule has 0 radical (unpaired) electrons. The van der Waals surface area contributed by atoms with Crippen LogP contribution in [0, 0.1) is 3.57 Å². The molecule has 0 fully saturated rings. The van der Waals surface area contributed by atoms with E-state index in [2.05, 4.69) is 53.9 Å². The molecule has 90 valence electrons. The summed E-state index contributed by atoms with van der Waals surface area (Å²) < 4.78 is 1.96. The van der Waals surface area contributed by atoms with Crippen LogP contribution in [0.1, 0.15) is 17.5 Å². The zero-order valence-electron chi connectivity index (χ0n) is 9.01. The van der Waals surface area contributed by atoms with E-state index in [1.807, 2.05) is 18.2 Å². The van der Waals surface area contributed by atoms with Crippen molar-refractivity contribution in [2.75, 3.05) is 0 Å². The number of hydrogen-bond acceptors (Lipinski definition) is 4. The largest absolute Gasteiger partial charge is 0.388 e. The van der Waals surface area contributed by atoms with E-state index >= 15 is 0 Å². The molecule has 0 bridgehead atoms. The summed E-state index contributed by atoms with van der Waals surface area (Å²) in [6.45, 7) is 0. The van der Waals surface area contributed by atoms with Gasteiger partial charge in [0.2, 0.25) is 0 Å². The van der Waals surface area contributed by atoms with Crippen LogP contribution in [0.3, 0.4) is 0 Å². The van der Waals surface area contributed by atoms with Gasteiger partial charge in [-0.25, -0.2) is 0 Å². The fourth-order valence-corrected chi connectivity index (χ4v) is 2.53. The van der Waals surface area contributed by atoms with Gasteiger partial charge in [0.05, 0.1) is 13.2 Å². The topological polar surface area (TPSA) is 63.8 Å². The van der Waals surface area contributed by atoms with E-state index in [-0.39, 0.29) is 0 Å². The van der Waals surface area contributed by atoms with E-state index in [1.165, 1.54) is 4.80 Å². The van der Waals surface area contributed by atoms with Crippen molar-refractivity contribution in [2.45, 2.75) is 12.5 Å². The lowest BCUT2D eigenvalue weighted by atomic mass is 10.1. The van der Waals surface area contributed by atoms with Crippen LogP contribution in [-0.4, -0.2) is 25.3 Å². The molecule has 0 spiro atoms. The highest BCUT2D eigenvalue weighted by Gasteiger charge is 2.15. The monoisotopic (exact) mass is 408 g/mol. The Hall–Kier alpha value is -0.540. The number of rotatable bonds is 3. The number of halogens is 2. The summed E-state index contributed by atoms with van der Waals surface area (Å²) in [7, 11) is 1.70. The van der Waals surface area contributed by atoms with Gasteiger partial charge < -0.3 is 5.11 Å². The molecule has 1 aromatic carbocycles. The highest BCUT2D eigenvalue weighted by atomic mass is 127. The summed E-state index contributed by atoms with van der Waals surface area (Å²) in [5, 5.41) is 21.8. The number of aromatic nitrogens is 4. The summed E-state index contributed by atoms with van der Waals surface area (Å²) in [5.41, 5.74) is 0.868. The highest BCUT2D eigenvalue weighted by molar-refractivity contribution is 14.1. The molecule has 1 unspecified atom stereocenters. The van der Waals surface area contributed by atoms with Crippen LogP contribution in [0.2, 0.25) is 0 Å². The summed E-state index contributed by atoms with van der Waals surface area (Å²) in [5.74, 6) is 0.538. The van der Waals surface area contributed by atoms with Gasteiger partial charge in [-0.1, -0.05) is 15.9 Å². The second kappa shape index (κ2) is 5.40. The van der Waals surface area contributed by atoms with Gasteiger partial charge in [0.25, 0.3) is 0 Å². The van der Waals surface area contributed by atoms with Crippen LogP contribution in [0.4, 0.5) is 0 Å². The molecule has 0 saturated heterocycles. The first-order valence-electron chi connectivity index (χ1n) is 4.92. The van der Waals surface area contributed by atoms with E-state index in [0.717, 1.165) is 13.6 Å². The molecule has 7 heteroatoms. The highest BCUT2D eigenvalue weighted by Crippen LogP contribution is 2.25. The molecule has 0 saturated carbocycles. The van der Waals surface area contributed by atoms with Crippen LogP contribution in [0.25, 0.3) is 0 Å². The Labute approximate surface area is 120 Å². The minimum Gasteiger partial charge on any atom is -0.388 e. The van der Waals surface area contributed by atoms with Gasteiger partial charge in [0.15, 0.2) is 5.82 Å². The van der Waals surface area contributed by atoms with Crippen molar-refractivity contribution in [2.24, 2.45) is 7.05 Å². The first-order chi connectivity index (χ1) is 8.06. The smallest absolute Gasteiger partial charge is 0.177 e. The molecule has 2 aromatic rings. The number of aliphatic hydroxyl groups is 1. The fraction of sp³-hybridized carbons (Fsp3) is 0.300. The lowest BCUT2D eigenvalue weighted by Crippen LogP contribution is -2.05. The van der Waals surface area contributed by atoms with E-state index < -0.39 is 6.10 Å². The maximum Gasteiger partial charge on any atom is 0.177 e. The Morgan fingerprint density at radius 2 is 2.29 bits per heavy atom. The lowest BCUT2D eigenvalue weighted by molar-refractivity contribution is 0.175. The summed E-state index contributed by atoms with van der Waals surface area (Å²) >= 11 is 5.59. The zero-order valence-corrected chi connectivity index (χ0v) is 12.8. The molecule has 0 aliphatic carbocycles. The predicted octanol–water partition coefficient (Wildman–Crippen LogP) is 1.85. The summed E-state index contributed by atoms with van der Waals surface area (Å²) in [4.78, 5) is 1.38. The summed E-state index contributed by atoms with van der Waals surface area (Å²) in [6.07, 6.45) is -0.260. The average molecular weight is 409 g/mol. The van der Waals surface area contributed by atoms with E-state index in [4.69, 9.17) is 0 Å². The minimum atomic E-state index is -0.622. The van der Waals surface area contributed by atoms with Gasteiger partial charge >= 0.3 is 0 Å². The van der Waals surface area contributed by atoms with Gasteiger partial charge in [0, 0.05) is 14.5 Å². The van der Waals surface area contributed by atoms with Gasteiger partial charge in [-0.15, -0.1) is 10.2 Å². The lowest BCUT2D eigenvalue weighted by Gasteiger charge is -2.11. The van der Waals surface area contributed by atoms with E-state index in [0.29, 0.717) is 12.2 Å². The number of hydrogen-bond donors (Lipinski definition) is 1. The normalized spacial score (nSPS) is 12.7. The molecule has 1 heterocycles. The van der Waals surface area contributed by atoms with Crippen LogP contribution >= 0.6 is 38.5 Å². The first-order valence-corrected chi connectivity index (χ1v) is 6.79. The number of tetrazole rings is 1. The Balaban J connectivity index is 2.19. The number of aryl methyl sites for hydroxylation is 1. The molecule has 2 rings (SSSR count). The quantitative estimate of drug-likeness (QED) is 0.787. The summed E-state index contributed by atoms with van der Waals surface area (Å²) in [6, 6.07) is 5.80. The molecule has 1 atom stereocenters. The standard InChI is InChI=1S/C10H10BrIN4O/c1-16-14-10(13-15-16)5-9(17)7-4-6(11)2-3-8(7)12/h2-4,9,17H,5H2,1H3. The van der Waals surface area contributed by atoms with Gasteiger partial charge in [-0.3, -0.25) is 0 Å². The second-order valence-corrected chi connectivity index (χ2v) is 5.66. The van der Waals surface area contributed by atoms with Gasteiger partial charge in [0.1, 0.15) is 0 Å². The number of nitrogens with zero attached hydrogens (tertiary/aromatic N) is 4. The minimum absolute atomic E-state index is 0.361. The third kappa shape index (κ3) is 3.23. The Morgan fingerprint density at radius 1 is 1.53 bits per heavy atom. The molecule has 5 nitrogen and oxygen atoms in total. The van der Waals surface area contributed by atoms with Crippen molar-refractivity contribution in [1.29, 1.82) is 0 Å². The van der Waals surface area contributed by atoms with Gasteiger partial charge in [-0.2, -0.15) is 4.80 Å². The first kappa shape index (κ1) is 12.9. The SMILES string of the molecule is Cn1nnc(CC(O)c2cc(Br)ccc2I)n1. The molecule has 0 aliphatic heterocycles. The predicted molar refractivity (Wildman–Crippen MR) is 74.3 cm³/mol. The third-order valence-electron chi connectivity index (χ3n) is 2.24. The van der Waals surface area contributed by atoms with Crippen LogP contribution in [0.15, 0.2) is 22.7 Å². The van der Waals surface area contributed by atoms with Crippen molar-refractivity contribution >= 4 is 38.5 Å². The van der Waals surface area contributed by atoms with Gasteiger partial charge in [-0.05, 0) is 51.6 Å². The molecule has 1 N–H and O–H groups in total. The third-order valence-corrected chi connectivity index (χ3v) is 3.72. The maximum absolute atomic E-state index is 10.1. The molecule has 17 heavy (non-hydrogen) atoms. The van der Waals surface area contributed by atoms with Crippen LogP contribution in [0.5, 0.6) is 0 Å². The molecule has 0 amide bonds. The number of aliphatic hydroxyl groups excluding tert-OH is 1. The molecule has 0 aliphatic rings. The average Bonchev–Trinajstić information content (AvgIpc) is 2.67. The molecular formula is C10H10BrIN4O. The van der Waals surface area contributed by atoms with E-state index in [1.54, 1.807) is 7.05 Å². The second-order valence-electron chi connectivity index (χ2n) is 3.58. The number of benzene rings is 1. The molecule has 1 aromatic heterocycles. The Kier molecular flexibility index (Phi) is 4.10. The van der Waals surface area contributed by atoms with Crippen LogP contribution < -0.4 is 0 Å². The molecular weight excluding hydrogens is 399 g/mol. The Bertz CT molecular complexity index is 531. The van der Waals surface area contributed by atoms with Crippen molar-refractivity contribution in [3.05, 3.63) is 37.6 Å². The zero-order chi connectivity index (χ0) is 12.4. The van der Waals surface area contributed by atoms with Crippen molar-refractivity contribution in [3.63, 3.8) is 0 Å². The van der Waals surface area contributed by atoms with Crippen LogP contribution in [-0.2, 0) is 13.5 Å². The van der Waals surface area contributed by atoms with E-state index in [9.17, 15) is 5.11 Å².